The second-order valence-corrected chi connectivity index (χ2v) is 4.82. The molecule has 1 heterocycles. The highest BCUT2D eigenvalue weighted by molar-refractivity contribution is 5.97. The summed E-state index contributed by atoms with van der Waals surface area (Å²) < 4.78 is 26.6. The van der Waals surface area contributed by atoms with Crippen molar-refractivity contribution in [3.63, 3.8) is 0 Å². The molecule has 23 heavy (non-hydrogen) atoms. The van der Waals surface area contributed by atoms with E-state index in [2.05, 4.69) is 4.98 Å². The van der Waals surface area contributed by atoms with Crippen molar-refractivity contribution in [3.8, 4) is 0 Å². The molecule has 8 heteroatoms. The number of nitrogens with zero attached hydrogens (tertiary/aromatic N) is 1. The van der Waals surface area contributed by atoms with E-state index in [0.717, 1.165) is 18.3 Å². The highest BCUT2D eigenvalue weighted by atomic mass is 19.1. The van der Waals surface area contributed by atoms with Crippen molar-refractivity contribution in [2.24, 2.45) is 11.5 Å². The van der Waals surface area contributed by atoms with Crippen LogP contribution in [-0.4, -0.2) is 21.9 Å². The maximum Gasteiger partial charge on any atom is 0.267 e. The van der Waals surface area contributed by atoms with E-state index in [1.165, 1.54) is 0 Å². The summed E-state index contributed by atoms with van der Waals surface area (Å²) in [6.07, 6.45) is 0.876. The first-order valence-corrected chi connectivity index (χ1v) is 6.49. The Bertz CT molecular complexity index is 774. The molecule has 2 rings (SSSR count). The summed E-state index contributed by atoms with van der Waals surface area (Å²) in [6.45, 7) is -0.617. The fourth-order valence-corrected chi connectivity index (χ4v) is 2.30. The van der Waals surface area contributed by atoms with Gasteiger partial charge in [0, 0.05) is 18.7 Å². The lowest BCUT2D eigenvalue weighted by molar-refractivity contribution is 0.0981. The van der Waals surface area contributed by atoms with Crippen molar-refractivity contribution < 1.29 is 23.5 Å². The smallest absolute Gasteiger partial charge is 0.267 e. The van der Waals surface area contributed by atoms with E-state index in [1.54, 1.807) is 0 Å². The Morgan fingerprint density at radius 2 is 1.65 bits per heavy atom. The van der Waals surface area contributed by atoms with Crippen LogP contribution in [0.5, 0.6) is 0 Å². The molecule has 0 saturated carbocycles. The first-order valence-electron chi connectivity index (χ1n) is 6.49. The normalized spacial score (nSPS) is 10.6. The van der Waals surface area contributed by atoms with Gasteiger partial charge in [0.1, 0.15) is 17.3 Å². The molecular weight excluding hydrogens is 308 g/mol. The summed E-state index contributed by atoms with van der Waals surface area (Å²) in [5.41, 5.74) is 10.5. The van der Waals surface area contributed by atoms with Gasteiger partial charge in [0.05, 0.1) is 12.2 Å². The lowest BCUT2D eigenvalue weighted by Crippen LogP contribution is -2.22. The zero-order valence-electron chi connectivity index (χ0n) is 11.8. The van der Waals surface area contributed by atoms with E-state index in [9.17, 15) is 23.5 Å². The number of aliphatic hydroxyl groups excluding tert-OH is 1. The van der Waals surface area contributed by atoms with Gasteiger partial charge in [0.15, 0.2) is 0 Å². The van der Waals surface area contributed by atoms with Gasteiger partial charge in [-0.15, -0.1) is 0 Å². The monoisotopic (exact) mass is 321 g/mol. The van der Waals surface area contributed by atoms with Gasteiger partial charge in [-0.1, -0.05) is 0 Å². The largest absolute Gasteiger partial charge is 0.392 e. The van der Waals surface area contributed by atoms with Crippen LogP contribution in [0.2, 0.25) is 0 Å². The minimum absolute atomic E-state index is 0.0472. The van der Waals surface area contributed by atoms with Crippen LogP contribution < -0.4 is 11.5 Å². The molecule has 0 unspecified atom stereocenters. The van der Waals surface area contributed by atoms with Crippen molar-refractivity contribution in [2.75, 3.05) is 0 Å². The van der Waals surface area contributed by atoms with E-state index in [-0.39, 0.29) is 34.4 Å². The zero-order valence-corrected chi connectivity index (χ0v) is 11.8. The summed E-state index contributed by atoms with van der Waals surface area (Å²) in [7, 11) is 0. The molecule has 1 aromatic carbocycles. The molecule has 5 N–H and O–H groups in total. The van der Waals surface area contributed by atoms with Crippen molar-refractivity contribution in [1.82, 2.24) is 4.98 Å². The molecule has 0 bridgehead atoms. The highest BCUT2D eigenvalue weighted by Gasteiger charge is 2.20. The average Bonchev–Trinajstić information content (AvgIpc) is 2.45. The minimum atomic E-state index is -0.900. The van der Waals surface area contributed by atoms with Crippen LogP contribution in [0, 0.1) is 11.6 Å². The predicted octanol–water partition coefficient (Wildman–Crippen LogP) is 0.641. The molecule has 0 radical (unpaired) electrons. The van der Waals surface area contributed by atoms with Crippen LogP contribution >= 0.6 is 0 Å². The quantitative estimate of drug-likeness (QED) is 0.748. The zero-order chi connectivity index (χ0) is 17.1. The van der Waals surface area contributed by atoms with Gasteiger partial charge in [-0.25, -0.2) is 13.8 Å². The van der Waals surface area contributed by atoms with E-state index in [1.807, 2.05) is 0 Å². The number of hydrogen-bond acceptors (Lipinski definition) is 4. The van der Waals surface area contributed by atoms with Gasteiger partial charge in [-0.05, 0) is 28.8 Å². The maximum absolute atomic E-state index is 13.3. The van der Waals surface area contributed by atoms with E-state index >= 15 is 0 Å². The van der Waals surface area contributed by atoms with Crippen LogP contribution in [0.25, 0.3) is 0 Å². The Kier molecular flexibility index (Phi) is 4.65. The SMILES string of the molecule is NC(=O)c1cnc(C(N)=O)c(Cc2cc(F)cc(F)c2)c1CO. The lowest BCUT2D eigenvalue weighted by atomic mass is 9.95. The van der Waals surface area contributed by atoms with Crippen molar-refractivity contribution in [3.05, 3.63) is 64.0 Å². The Labute approximate surface area is 129 Å². The maximum atomic E-state index is 13.3. The number of pyridine rings is 1. The van der Waals surface area contributed by atoms with Crippen molar-refractivity contribution >= 4 is 11.8 Å². The molecule has 0 saturated heterocycles. The lowest BCUT2D eigenvalue weighted by Gasteiger charge is -2.14. The van der Waals surface area contributed by atoms with Crippen LogP contribution in [0.3, 0.4) is 0 Å². The second-order valence-electron chi connectivity index (χ2n) is 4.82. The fraction of sp³-hybridized carbons (Fsp3) is 0.133. The van der Waals surface area contributed by atoms with Gasteiger partial charge in [0.2, 0.25) is 0 Å². The number of primary amides is 2. The van der Waals surface area contributed by atoms with Crippen LogP contribution in [0.15, 0.2) is 24.4 Å². The van der Waals surface area contributed by atoms with Gasteiger partial charge < -0.3 is 16.6 Å². The number of benzene rings is 1. The number of amides is 2. The third kappa shape index (κ3) is 3.49. The predicted molar refractivity (Wildman–Crippen MR) is 76.4 cm³/mol. The first kappa shape index (κ1) is 16.5. The van der Waals surface area contributed by atoms with E-state index in [0.29, 0.717) is 6.07 Å². The van der Waals surface area contributed by atoms with Crippen LogP contribution in [0.4, 0.5) is 8.78 Å². The standard InChI is InChI=1S/C15H13F2N3O3/c16-8-1-7(2-9(17)4-8)3-10-12(6-21)11(14(18)22)5-20-13(10)15(19)23/h1-2,4-5,21H,3,6H2,(H2,18,22)(H2,19,23). The second kappa shape index (κ2) is 6.49. The molecule has 0 fully saturated rings. The van der Waals surface area contributed by atoms with Gasteiger partial charge in [-0.2, -0.15) is 0 Å². The number of aromatic nitrogens is 1. The van der Waals surface area contributed by atoms with Gasteiger partial charge >= 0.3 is 0 Å². The van der Waals surface area contributed by atoms with Crippen molar-refractivity contribution in [1.29, 1.82) is 0 Å². The number of carbonyl (C=O) groups excluding carboxylic acids is 2. The van der Waals surface area contributed by atoms with E-state index < -0.39 is 30.1 Å². The number of nitrogens with two attached hydrogens (primary N) is 2. The first-order chi connectivity index (χ1) is 10.8. The molecule has 120 valence electrons. The number of rotatable bonds is 5. The van der Waals surface area contributed by atoms with Crippen LogP contribution in [-0.2, 0) is 13.0 Å². The van der Waals surface area contributed by atoms with Crippen LogP contribution in [0.1, 0.15) is 37.5 Å². The molecule has 0 spiro atoms. The molecule has 0 aliphatic carbocycles. The third-order valence-corrected chi connectivity index (χ3v) is 3.26. The fourth-order valence-electron chi connectivity index (χ4n) is 2.30. The summed E-state index contributed by atoms with van der Waals surface area (Å²) in [5, 5.41) is 9.51. The molecular formula is C15H13F2N3O3. The third-order valence-electron chi connectivity index (χ3n) is 3.26. The van der Waals surface area contributed by atoms with E-state index in [4.69, 9.17) is 11.5 Å². The highest BCUT2D eigenvalue weighted by Crippen LogP contribution is 2.22. The number of halogens is 2. The molecule has 0 atom stereocenters. The number of hydrogen-bond donors (Lipinski definition) is 3. The Morgan fingerprint density at radius 3 is 2.13 bits per heavy atom. The summed E-state index contributed by atoms with van der Waals surface area (Å²) in [6, 6.07) is 2.82. The summed E-state index contributed by atoms with van der Waals surface area (Å²) >= 11 is 0. The summed E-state index contributed by atoms with van der Waals surface area (Å²) in [4.78, 5) is 26.7. The Morgan fingerprint density at radius 1 is 1.04 bits per heavy atom. The summed E-state index contributed by atoms with van der Waals surface area (Å²) in [5.74, 6) is -3.36. The average molecular weight is 321 g/mol. The Hall–Kier alpha value is -2.87. The Balaban J connectivity index is 2.64. The molecule has 0 aliphatic heterocycles. The molecule has 2 aromatic rings. The molecule has 2 amide bonds. The minimum Gasteiger partial charge on any atom is -0.392 e. The molecule has 6 nitrogen and oxygen atoms in total. The van der Waals surface area contributed by atoms with Gasteiger partial charge in [-0.3, -0.25) is 9.59 Å². The number of carbonyl (C=O) groups is 2. The number of aliphatic hydroxyl groups is 1. The van der Waals surface area contributed by atoms with Crippen molar-refractivity contribution in [2.45, 2.75) is 13.0 Å². The molecule has 1 aromatic heterocycles. The molecule has 0 aliphatic rings. The topological polar surface area (TPSA) is 119 Å². The van der Waals surface area contributed by atoms with Gasteiger partial charge in [0.25, 0.3) is 11.8 Å².